The lowest BCUT2D eigenvalue weighted by atomic mass is 10.1. The van der Waals surface area contributed by atoms with Gasteiger partial charge >= 0.3 is 6.09 Å². The van der Waals surface area contributed by atoms with E-state index in [4.69, 9.17) is 4.74 Å². The predicted molar refractivity (Wildman–Crippen MR) is 88.7 cm³/mol. The van der Waals surface area contributed by atoms with Crippen molar-refractivity contribution < 1.29 is 9.53 Å². The third-order valence-electron chi connectivity index (χ3n) is 3.15. The number of aromatic nitrogens is 1. The van der Waals surface area contributed by atoms with Gasteiger partial charge in [0.2, 0.25) is 0 Å². The van der Waals surface area contributed by atoms with Crippen LogP contribution in [0.15, 0.2) is 22.7 Å². The summed E-state index contributed by atoms with van der Waals surface area (Å²) in [6.07, 6.45) is 0.391. The van der Waals surface area contributed by atoms with Gasteiger partial charge in [-0.3, -0.25) is 0 Å². The molecule has 114 valence electrons. The van der Waals surface area contributed by atoms with E-state index in [9.17, 15) is 4.79 Å². The van der Waals surface area contributed by atoms with Gasteiger partial charge in [0.15, 0.2) is 0 Å². The predicted octanol–water partition coefficient (Wildman–Crippen LogP) is 4.31. The number of nitrogens with one attached hydrogen (secondary N) is 2. The first-order valence-electron chi connectivity index (χ1n) is 7.00. The maximum Gasteiger partial charge on any atom is 0.407 e. The van der Waals surface area contributed by atoms with E-state index in [-0.39, 0.29) is 6.09 Å². The Bertz CT molecular complexity index is 656. The number of H-pyrrole nitrogens is 1. The molecule has 2 rings (SSSR count). The summed E-state index contributed by atoms with van der Waals surface area (Å²) >= 11 is 3.55. The molecular formula is C16H21BrN2O2. The van der Waals surface area contributed by atoms with E-state index in [0.29, 0.717) is 6.54 Å². The summed E-state index contributed by atoms with van der Waals surface area (Å²) in [4.78, 5) is 15.0. The van der Waals surface area contributed by atoms with E-state index in [0.717, 1.165) is 22.1 Å². The van der Waals surface area contributed by atoms with Crippen LogP contribution in [0.3, 0.4) is 0 Å². The highest BCUT2D eigenvalue weighted by Crippen LogP contribution is 2.28. The van der Waals surface area contributed by atoms with Crippen molar-refractivity contribution in [2.45, 2.75) is 39.7 Å². The van der Waals surface area contributed by atoms with Gasteiger partial charge in [-0.15, -0.1) is 0 Å². The average Bonchev–Trinajstić information content (AvgIpc) is 2.66. The molecule has 0 spiro atoms. The Morgan fingerprint density at radius 2 is 2.10 bits per heavy atom. The fraction of sp³-hybridized carbons (Fsp3) is 0.438. The van der Waals surface area contributed by atoms with Gasteiger partial charge in [0.25, 0.3) is 0 Å². The minimum Gasteiger partial charge on any atom is -0.444 e. The summed E-state index contributed by atoms with van der Waals surface area (Å²) in [6.45, 7) is 8.17. The van der Waals surface area contributed by atoms with Crippen LogP contribution in [0.5, 0.6) is 0 Å². The monoisotopic (exact) mass is 352 g/mol. The number of ether oxygens (including phenoxy) is 1. The first-order chi connectivity index (χ1) is 9.78. The van der Waals surface area contributed by atoms with Crippen molar-refractivity contribution in [2.75, 3.05) is 6.54 Å². The van der Waals surface area contributed by atoms with E-state index >= 15 is 0 Å². The van der Waals surface area contributed by atoms with Crippen molar-refractivity contribution in [3.8, 4) is 0 Å². The van der Waals surface area contributed by atoms with Crippen LogP contribution in [0, 0.1) is 6.92 Å². The standard InChI is InChI=1S/C16H21BrN2O2/c1-10-11(8-9-18-15(20)21-16(2,3)4)12-6-5-7-13(17)14(12)19-10/h5-7,19H,8-9H2,1-4H3,(H,18,20). The largest absolute Gasteiger partial charge is 0.444 e. The maximum absolute atomic E-state index is 11.6. The second kappa shape index (κ2) is 6.10. The van der Waals surface area contributed by atoms with Crippen molar-refractivity contribution in [1.82, 2.24) is 10.3 Å². The van der Waals surface area contributed by atoms with E-state index in [1.807, 2.05) is 32.9 Å². The number of alkyl carbamates (subject to hydrolysis) is 1. The SMILES string of the molecule is Cc1[nH]c2c(Br)cccc2c1CCNC(=O)OC(C)(C)C. The molecule has 1 aromatic heterocycles. The van der Waals surface area contributed by atoms with Crippen molar-refractivity contribution in [1.29, 1.82) is 0 Å². The van der Waals surface area contributed by atoms with Crippen LogP contribution < -0.4 is 5.32 Å². The molecule has 0 unspecified atom stereocenters. The van der Waals surface area contributed by atoms with Gasteiger partial charge in [0.05, 0.1) is 5.52 Å². The summed E-state index contributed by atoms with van der Waals surface area (Å²) in [7, 11) is 0. The van der Waals surface area contributed by atoms with Crippen LogP contribution in [-0.4, -0.2) is 23.2 Å². The zero-order valence-electron chi connectivity index (χ0n) is 12.8. The van der Waals surface area contributed by atoms with Gasteiger partial charge in [0.1, 0.15) is 5.60 Å². The molecule has 0 radical (unpaired) electrons. The third kappa shape index (κ3) is 4.00. The molecule has 0 bridgehead atoms. The Morgan fingerprint density at radius 3 is 2.76 bits per heavy atom. The van der Waals surface area contributed by atoms with E-state index < -0.39 is 5.60 Å². The lowest BCUT2D eigenvalue weighted by Gasteiger charge is -2.19. The summed E-state index contributed by atoms with van der Waals surface area (Å²) < 4.78 is 6.28. The third-order valence-corrected chi connectivity index (χ3v) is 3.81. The van der Waals surface area contributed by atoms with Crippen LogP contribution in [-0.2, 0) is 11.2 Å². The Kier molecular flexibility index (Phi) is 4.61. The minimum atomic E-state index is -0.467. The molecule has 5 heteroatoms. The van der Waals surface area contributed by atoms with Gasteiger partial charge in [-0.1, -0.05) is 12.1 Å². The number of carbonyl (C=O) groups is 1. The fourth-order valence-corrected chi connectivity index (χ4v) is 2.76. The first-order valence-corrected chi connectivity index (χ1v) is 7.80. The minimum absolute atomic E-state index is 0.374. The number of carbonyl (C=O) groups excluding carboxylic acids is 1. The molecule has 0 aliphatic carbocycles. The molecule has 0 fully saturated rings. The summed E-state index contributed by atoms with van der Waals surface area (Å²) in [5.41, 5.74) is 2.98. The zero-order valence-corrected chi connectivity index (χ0v) is 14.4. The lowest BCUT2D eigenvalue weighted by molar-refractivity contribution is 0.0528. The van der Waals surface area contributed by atoms with Crippen LogP contribution in [0.25, 0.3) is 10.9 Å². The Balaban J connectivity index is 2.03. The molecule has 1 amide bonds. The number of para-hydroxylation sites is 1. The number of aromatic amines is 1. The Hall–Kier alpha value is -1.49. The second-order valence-corrected chi connectivity index (χ2v) is 6.92. The number of aryl methyl sites for hydroxylation is 1. The molecule has 4 nitrogen and oxygen atoms in total. The van der Waals surface area contributed by atoms with Gasteiger partial charge < -0.3 is 15.0 Å². The normalized spacial score (nSPS) is 11.7. The van der Waals surface area contributed by atoms with Gasteiger partial charge in [0, 0.05) is 22.1 Å². The van der Waals surface area contributed by atoms with Gasteiger partial charge in [-0.2, -0.15) is 0 Å². The van der Waals surface area contributed by atoms with Gasteiger partial charge in [-0.05, 0) is 61.7 Å². The molecule has 1 aromatic carbocycles. The number of hydrogen-bond acceptors (Lipinski definition) is 2. The number of halogens is 1. The van der Waals surface area contributed by atoms with Crippen LogP contribution in [0.1, 0.15) is 32.0 Å². The van der Waals surface area contributed by atoms with Crippen LogP contribution in [0.4, 0.5) is 4.79 Å². The zero-order chi connectivity index (χ0) is 15.6. The number of benzene rings is 1. The molecular weight excluding hydrogens is 332 g/mol. The van der Waals surface area contributed by atoms with Crippen molar-refractivity contribution in [3.05, 3.63) is 33.9 Å². The molecule has 0 saturated heterocycles. The van der Waals surface area contributed by atoms with E-state index in [1.54, 1.807) is 0 Å². The van der Waals surface area contributed by atoms with E-state index in [1.165, 1.54) is 10.9 Å². The van der Waals surface area contributed by atoms with Gasteiger partial charge in [-0.25, -0.2) is 4.79 Å². The quantitative estimate of drug-likeness (QED) is 0.864. The highest BCUT2D eigenvalue weighted by atomic mass is 79.9. The first kappa shape index (κ1) is 15.9. The Labute approximate surface area is 133 Å². The number of amides is 1. The fourth-order valence-electron chi connectivity index (χ4n) is 2.29. The number of fused-ring (bicyclic) bond motifs is 1. The Morgan fingerprint density at radius 1 is 1.38 bits per heavy atom. The number of rotatable bonds is 3. The van der Waals surface area contributed by atoms with Crippen LogP contribution in [0.2, 0.25) is 0 Å². The molecule has 0 aliphatic heterocycles. The smallest absolute Gasteiger partial charge is 0.407 e. The molecule has 0 saturated carbocycles. The molecule has 0 atom stereocenters. The second-order valence-electron chi connectivity index (χ2n) is 6.07. The topological polar surface area (TPSA) is 54.1 Å². The van der Waals surface area contributed by atoms with Crippen molar-refractivity contribution >= 4 is 32.9 Å². The summed E-state index contributed by atoms with van der Waals surface area (Å²) in [5, 5.41) is 3.99. The molecule has 2 N–H and O–H groups in total. The van der Waals surface area contributed by atoms with Crippen molar-refractivity contribution in [2.24, 2.45) is 0 Å². The summed E-state index contributed by atoms with van der Waals surface area (Å²) in [5.74, 6) is 0. The molecule has 1 heterocycles. The highest BCUT2D eigenvalue weighted by Gasteiger charge is 2.16. The van der Waals surface area contributed by atoms with E-state index in [2.05, 4.69) is 39.2 Å². The van der Waals surface area contributed by atoms with Crippen molar-refractivity contribution in [3.63, 3.8) is 0 Å². The maximum atomic E-state index is 11.6. The molecule has 21 heavy (non-hydrogen) atoms. The number of hydrogen-bond donors (Lipinski definition) is 2. The summed E-state index contributed by atoms with van der Waals surface area (Å²) in [6, 6.07) is 6.12. The molecule has 0 aliphatic rings. The molecule has 2 aromatic rings. The highest BCUT2D eigenvalue weighted by molar-refractivity contribution is 9.10. The lowest BCUT2D eigenvalue weighted by Crippen LogP contribution is -2.33. The average molecular weight is 353 g/mol. The van der Waals surface area contributed by atoms with Crippen LogP contribution >= 0.6 is 15.9 Å².